The van der Waals surface area contributed by atoms with E-state index in [-0.39, 0.29) is 55.9 Å². The van der Waals surface area contributed by atoms with Crippen LogP contribution in [0, 0.1) is 26.7 Å². The number of carbonyl (C=O) groups is 2. The van der Waals surface area contributed by atoms with Gasteiger partial charge in [0.2, 0.25) is 11.8 Å². The van der Waals surface area contributed by atoms with Crippen LogP contribution >= 0.6 is 22.6 Å². The van der Waals surface area contributed by atoms with Gasteiger partial charge < -0.3 is 39.7 Å². The fourth-order valence-corrected chi connectivity index (χ4v) is 7.82. The Balaban J connectivity index is 1.68. The molecule has 0 spiro atoms. The molecule has 0 radical (unpaired) electrons. The summed E-state index contributed by atoms with van der Waals surface area (Å²) in [4.78, 5) is 28.6. The van der Waals surface area contributed by atoms with Gasteiger partial charge >= 0.3 is 0 Å². The van der Waals surface area contributed by atoms with E-state index in [0.717, 1.165) is 19.3 Å². The van der Waals surface area contributed by atoms with Crippen molar-refractivity contribution in [2.75, 3.05) is 40.0 Å². The molecule has 6 unspecified atom stereocenters. The van der Waals surface area contributed by atoms with E-state index in [9.17, 15) is 24.9 Å². The highest BCUT2D eigenvalue weighted by Gasteiger charge is 2.55. The molecule has 1 aromatic rings. The monoisotopic (exact) mass is 700 g/mol. The molecule has 10 nitrogen and oxygen atoms in total. The average Bonchev–Trinajstić information content (AvgIpc) is 2.99. The number of benzene rings is 1. The Labute approximate surface area is 261 Å². The van der Waals surface area contributed by atoms with Gasteiger partial charge in [-0.2, -0.15) is 0 Å². The maximum atomic E-state index is 13.7. The topological polar surface area (TPSA) is 138 Å². The molecule has 0 aromatic heterocycles. The highest BCUT2D eigenvalue weighted by molar-refractivity contribution is 14.1. The number of methoxy groups -OCH3 is 1. The van der Waals surface area contributed by atoms with Crippen molar-refractivity contribution < 1.29 is 39.1 Å². The van der Waals surface area contributed by atoms with E-state index in [4.69, 9.17) is 14.2 Å². The van der Waals surface area contributed by atoms with Crippen molar-refractivity contribution in [2.45, 2.75) is 71.3 Å². The molecular formula is C31H45IN2O8. The molecule has 0 saturated heterocycles. The first-order valence-electron chi connectivity index (χ1n) is 14.8. The van der Waals surface area contributed by atoms with Gasteiger partial charge in [0.05, 0.1) is 29.9 Å². The van der Waals surface area contributed by atoms with Crippen LogP contribution in [0.2, 0.25) is 0 Å². The minimum absolute atomic E-state index is 0.0796. The molecule has 0 aliphatic heterocycles. The zero-order valence-corrected chi connectivity index (χ0v) is 27.1. The van der Waals surface area contributed by atoms with E-state index >= 15 is 0 Å². The number of amides is 2. The van der Waals surface area contributed by atoms with Crippen LogP contribution in [0.25, 0.3) is 0 Å². The molecule has 4 aliphatic rings. The Hall–Kier alpha value is -1.93. The second-order valence-corrected chi connectivity index (χ2v) is 13.3. The zero-order chi connectivity index (χ0) is 30.6. The molecule has 0 heterocycles. The second-order valence-electron chi connectivity index (χ2n) is 12.2. The molecular weight excluding hydrogens is 655 g/mol. The van der Waals surface area contributed by atoms with Gasteiger partial charge in [0.15, 0.2) is 11.5 Å². The number of aliphatic hydroxyl groups excluding tert-OH is 3. The van der Waals surface area contributed by atoms with Crippen LogP contribution in [0.15, 0.2) is 23.8 Å². The normalized spacial score (nSPS) is 27.9. The van der Waals surface area contributed by atoms with Crippen LogP contribution < -0.4 is 14.8 Å². The smallest absolute Gasteiger partial charge is 0.248 e. The van der Waals surface area contributed by atoms with Crippen molar-refractivity contribution in [1.29, 1.82) is 0 Å². The molecule has 6 atom stereocenters. The lowest BCUT2D eigenvalue weighted by atomic mass is 9.45. The number of nitrogens with one attached hydrogen (secondary N) is 1. The fraction of sp³-hybridized carbons (Fsp3) is 0.677. The number of halogens is 1. The van der Waals surface area contributed by atoms with Crippen molar-refractivity contribution in [2.24, 2.45) is 23.2 Å². The molecule has 5 rings (SSSR count). The number of ether oxygens (including phenoxy) is 3. The molecule has 3 saturated carbocycles. The van der Waals surface area contributed by atoms with Crippen LogP contribution in [-0.4, -0.2) is 90.3 Å². The van der Waals surface area contributed by atoms with Crippen molar-refractivity contribution in [3.05, 3.63) is 32.9 Å². The molecule has 11 heteroatoms. The lowest BCUT2D eigenvalue weighted by Crippen LogP contribution is -2.60. The van der Waals surface area contributed by atoms with Gasteiger partial charge in [-0.1, -0.05) is 13.8 Å². The molecule has 3 fully saturated rings. The first kappa shape index (κ1) is 33.0. The zero-order valence-electron chi connectivity index (χ0n) is 25.0. The second kappa shape index (κ2) is 14.2. The highest BCUT2D eigenvalue weighted by Crippen LogP contribution is 2.61. The molecule has 2 amide bonds. The summed E-state index contributed by atoms with van der Waals surface area (Å²) < 4.78 is 18.1. The first-order valence-corrected chi connectivity index (χ1v) is 15.9. The van der Waals surface area contributed by atoms with Crippen LogP contribution in [0.1, 0.15) is 52.0 Å². The predicted octanol–water partition coefficient (Wildman–Crippen LogP) is 2.65. The summed E-state index contributed by atoms with van der Waals surface area (Å²) in [5, 5.41) is 33.4. The minimum atomic E-state index is -1.14. The maximum Gasteiger partial charge on any atom is 0.248 e. The lowest BCUT2D eigenvalue weighted by Gasteiger charge is -2.61. The quantitative estimate of drug-likeness (QED) is 0.231. The van der Waals surface area contributed by atoms with Gasteiger partial charge in [-0.15, -0.1) is 0 Å². The molecule has 42 heavy (non-hydrogen) atoms. The lowest BCUT2D eigenvalue weighted by molar-refractivity contribution is -0.152. The number of fused-ring (bicyclic) bond motifs is 2. The van der Waals surface area contributed by atoms with E-state index in [0.29, 0.717) is 51.2 Å². The van der Waals surface area contributed by atoms with Gasteiger partial charge in [-0.05, 0) is 95.7 Å². The van der Waals surface area contributed by atoms with Gasteiger partial charge in [0.1, 0.15) is 18.8 Å². The highest BCUT2D eigenvalue weighted by atomic mass is 127. The van der Waals surface area contributed by atoms with Crippen LogP contribution in [0.3, 0.4) is 0 Å². The van der Waals surface area contributed by atoms with E-state index in [1.807, 2.05) is 6.92 Å². The van der Waals surface area contributed by atoms with Crippen molar-refractivity contribution in [3.63, 3.8) is 0 Å². The summed E-state index contributed by atoms with van der Waals surface area (Å²) in [6.07, 6.45) is 2.91. The van der Waals surface area contributed by atoms with Crippen molar-refractivity contribution >= 4 is 34.4 Å². The van der Waals surface area contributed by atoms with Crippen molar-refractivity contribution in [1.82, 2.24) is 10.2 Å². The third kappa shape index (κ3) is 6.90. The number of aliphatic hydroxyl groups is 3. The van der Waals surface area contributed by atoms with E-state index in [1.165, 1.54) is 7.11 Å². The van der Waals surface area contributed by atoms with Crippen LogP contribution in [-0.2, 0) is 20.9 Å². The summed E-state index contributed by atoms with van der Waals surface area (Å²) in [5.74, 6) is 1.63. The molecule has 4 N–H and O–H groups in total. The van der Waals surface area contributed by atoms with E-state index in [1.54, 1.807) is 23.1 Å². The summed E-state index contributed by atoms with van der Waals surface area (Å²) >= 11 is 2.08. The molecule has 234 valence electrons. The molecule has 4 aliphatic carbocycles. The van der Waals surface area contributed by atoms with E-state index in [2.05, 4.69) is 41.8 Å². The SMILES string of the molecule is CCOCC(=O)N(CC1CCC2CC1C2(C)C)C1CC(C(=O)NCCO)=CC(Oc2c(I)cc(CO)cc2OC)C1O. The summed E-state index contributed by atoms with van der Waals surface area (Å²) in [5.41, 5.74) is 1.23. The first-order chi connectivity index (χ1) is 20.0. The van der Waals surface area contributed by atoms with Crippen molar-refractivity contribution in [3.8, 4) is 11.5 Å². The number of hydrogen-bond donors (Lipinski definition) is 4. The molecule has 1 aromatic carbocycles. The van der Waals surface area contributed by atoms with Crippen LogP contribution in [0.5, 0.6) is 11.5 Å². The minimum Gasteiger partial charge on any atom is -0.493 e. The largest absolute Gasteiger partial charge is 0.493 e. The van der Waals surface area contributed by atoms with Crippen LogP contribution in [0.4, 0.5) is 0 Å². The summed E-state index contributed by atoms with van der Waals surface area (Å²) in [6, 6.07) is 2.69. The average molecular weight is 701 g/mol. The standard InChI is InChI=1S/C31H45IN2O8/c1-5-41-17-27(37)34(15-19-6-7-21-14-22(19)31(21,2)3)24-12-20(30(39)33-8-9-35)13-25(28(24)38)42-29-23(32)10-18(16-36)11-26(29)40-4/h10-11,13,19,21-22,24-25,28,35-36,38H,5-9,12,14-17H2,1-4H3,(H,33,39). The Morgan fingerprint density at radius 2 is 1.98 bits per heavy atom. The maximum absolute atomic E-state index is 13.7. The fourth-order valence-electron chi connectivity index (χ4n) is 7.02. The summed E-state index contributed by atoms with van der Waals surface area (Å²) in [6.45, 7) is 6.89. The number of hydrogen-bond acceptors (Lipinski definition) is 8. The van der Waals surface area contributed by atoms with Gasteiger partial charge in [0.25, 0.3) is 0 Å². The Morgan fingerprint density at radius 1 is 1.21 bits per heavy atom. The van der Waals surface area contributed by atoms with Gasteiger partial charge in [0, 0.05) is 31.7 Å². The Kier molecular flexibility index (Phi) is 11.2. The predicted molar refractivity (Wildman–Crippen MR) is 165 cm³/mol. The Bertz CT molecular complexity index is 1160. The van der Waals surface area contributed by atoms with Gasteiger partial charge in [-0.3, -0.25) is 9.59 Å². The van der Waals surface area contributed by atoms with Gasteiger partial charge in [-0.25, -0.2) is 0 Å². The third-order valence-electron chi connectivity index (χ3n) is 9.52. The summed E-state index contributed by atoms with van der Waals surface area (Å²) in [7, 11) is 1.49. The number of carbonyl (C=O) groups excluding carboxylic acids is 2. The van der Waals surface area contributed by atoms with E-state index < -0.39 is 18.2 Å². The Morgan fingerprint density at radius 3 is 2.60 bits per heavy atom. The molecule has 2 bridgehead atoms. The third-order valence-corrected chi connectivity index (χ3v) is 10.3. The number of nitrogens with zero attached hydrogens (tertiary/aromatic N) is 1. The number of rotatable bonds is 13.